The molecule has 1 N–H and O–H groups in total. The molecule has 0 bridgehead atoms. The molecule has 1 saturated heterocycles. The summed E-state index contributed by atoms with van der Waals surface area (Å²) in [5, 5.41) is 3.39. The van der Waals surface area contributed by atoms with Gasteiger partial charge in [0.1, 0.15) is 0 Å². The minimum Gasteiger partial charge on any atom is -0.383 e. The zero-order valence-electron chi connectivity index (χ0n) is 10.00. The van der Waals surface area contributed by atoms with Gasteiger partial charge >= 0.3 is 0 Å². The first-order valence-electron chi connectivity index (χ1n) is 5.90. The summed E-state index contributed by atoms with van der Waals surface area (Å²) in [5.74, 6) is 0. The number of hydrogen-bond donors (Lipinski definition) is 1. The van der Waals surface area contributed by atoms with Gasteiger partial charge in [-0.15, -0.1) is 0 Å². The molecule has 1 heterocycles. The van der Waals surface area contributed by atoms with E-state index in [1.165, 1.54) is 0 Å². The van der Waals surface area contributed by atoms with Crippen molar-refractivity contribution in [3.63, 3.8) is 0 Å². The Morgan fingerprint density at radius 1 is 1.40 bits per heavy atom. The zero-order chi connectivity index (χ0) is 10.9. The normalized spacial score (nSPS) is 21.2. The predicted molar refractivity (Wildman–Crippen MR) is 61.2 cm³/mol. The molecule has 0 aromatic rings. The van der Waals surface area contributed by atoms with Crippen molar-refractivity contribution in [2.24, 2.45) is 0 Å². The second kappa shape index (κ2) is 8.05. The summed E-state index contributed by atoms with van der Waals surface area (Å²) in [6.45, 7) is 8.86. The van der Waals surface area contributed by atoms with Crippen molar-refractivity contribution in [2.45, 2.75) is 19.4 Å². The molecule has 0 amide bonds. The van der Waals surface area contributed by atoms with Crippen LogP contribution in [0.3, 0.4) is 0 Å². The molecule has 4 nitrogen and oxygen atoms in total. The van der Waals surface area contributed by atoms with Gasteiger partial charge in [-0.1, -0.05) is 6.92 Å². The van der Waals surface area contributed by atoms with E-state index in [4.69, 9.17) is 9.47 Å². The van der Waals surface area contributed by atoms with E-state index < -0.39 is 0 Å². The fraction of sp³-hybridized carbons (Fsp3) is 1.00. The third kappa shape index (κ3) is 4.93. The summed E-state index contributed by atoms with van der Waals surface area (Å²) in [6.07, 6.45) is 1.13. The summed E-state index contributed by atoms with van der Waals surface area (Å²) < 4.78 is 10.7. The molecule has 15 heavy (non-hydrogen) atoms. The van der Waals surface area contributed by atoms with Gasteiger partial charge in [-0.25, -0.2) is 0 Å². The second-order valence-electron chi connectivity index (χ2n) is 3.92. The molecule has 0 aromatic carbocycles. The van der Waals surface area contributed by atoms with E-state index in [0.717, 1.165) is 52.4 Å². The molecule has 0 aliphatic carbocycles. The molecule has 1 atom stereocenters. The van der Waals surface area contributed by atoms with Gasteiger partial charge in [-0.05, 0) is 13.0 Å². The maximum absolute atomic E-state index is 5.45. The minimum atomic E-state index is 0.483. The quantitative estimate of drug-likeness (QED) is 0.694. The molecule has 4 heteroatoms. The maximum atomic E-state index is 5.45. The highest BCUT2D eigenvalue weighted by molar-refractivity contribution is 4.75. The van der Waals surface area contributed by atoms with Gasteiger partial charge in [-0.2, -0.15) is 0 Å². The van der Waals surface area contributed by atoms with Crippen molar-refractivity contribution >= 4 is 0 Å². The van der Waals surface area contributed by atoms with Crippen molar-refractivity contribution in [3.8, 4) is 0 Å². The van der Waals surface area contributed by atoms with Gasteiger partial charge in [0.25, 0.3) is 0 Å². The Bertz CT molecular complexity index is 148. The van der Waals surface area contributed by atoms with Gasteiger partial charge in [-0.3, -0.25) is 4.90 Å². The van der Waals surface area contributed by atoms with Gasteiger partial charge < -0.3 is 14.8 Å². The van der Waals surface area contributed by atoms with E-state index in [2.05, 4.69) is 17.1 Å². The topological polar surface area (TPSA) is 33.7 Å². The Labute approximate surface area is 92.9 Å². The van der Waals surface area contributed by atoms with Crippen molar-refractivity contribution < 1.29 is 9.47 Å². The van der Waals surface area contributed by atoms with E-state index in [-0.39, 0.29) is 0 Å². The third-order valence-electron chi connectivity index (χ3n) is 2.76. The third-order valence-corrected chi connectivity index (χ3v) is 2.76. The highest BCUT2D eigenvalue weighted by atomic mass is 16.5. The van der Waals surface area contributed by atoms with E-state index in [1.807, 2.05) is 0 Å². The van der Waals surface area contributed by atoms with Crippen LogP contribution in [0.2, 0.25) is 0 Å². The average molecular weight is 216 g/mol. The van der Waals surface area contributed by atoms with Crippen molar-refractivity contribution in [2.75, 3.05) is 53.1 Å². The second-order valence-corrected chi connectivity index (χ2v) is 3.92. The Balaban J connectivity index is 2.36. The summed E-state index contributed by atoms with van der Waals surface area (Å²) in [4.78, 5) is 2.47. The average Bonchev–Trinajstić information content (AvgIpc) is 2.52. The van der Waals surface area contributed by atoms with Gasteiger partial charge in [0, 0.05) is 39.4 Å². The van der Waals surface area contributed by atoms with Crippen LogP contribution in [0.5, 0.6) is 0 Å². The van der Waals surface area contributed by atoms with Crippen LogP contribution in [0, 0.1) is 0 Å². The lowest BCUT2D eigenvalue weighted by Gasteiger charge is -2.29. The van der Waals surface area contributed by atoms with Crippen molar-refractivity contribution in [1.29, 1.82) is 0 Å². The summed E-state index contributed by atoms with van der Waals surface area (Å²) in [5.41, 5.74) is 0. The molecule has 1 rings (SSSR count). The van der Waals surface area contributed by atoms with Crippen LogP contribution in [-0.2, 0) is 9.47 Å². The summed E-state index contributed by atoms with van der Waals surface area (Å²) >= 11 is 0. The molecule has 1 aliphatic rings. The van der Waals surface area contributed by atoms with Crippen LogP contribution in [0.1, 0.15) is 13.3 Å². The minimum absolute atomic E-state index is 0.483. The number of ether oxygens (including phenoxy) is 2. The lowest BCUT2D eigenvalue weighted by molar-refractivity contribution is 0.0827. The monoisotopic (exact) mass is 216 g/mol. The van der Waals surface area contributed by atoms with E-state index >= 15 is 0 Å². The Hall–Kier alpha value is -0.160. The molecule has 0 spiro atoms. The number of rotatable bonds is 6. The van der Waals surface area contributed by atoms with E-state index in [9.17, 15) is 0 Å². The molecule has 0 radical (unpaired) electrons. The Morgan fingerprint density at radius 2 is 2.27 bits per heavy atom. The van der Waals surface area contributed by atoms with Crippen LogP contribution < -0.4 is 5.32 Å². The SMILES string of the molecule is CCNCC(COC)N1CCCOCC1. The maximum Gasteiger partial charge on any atom is 0.0630 e. The number of hydrogen-bond acceptors (Lipinski definition) is 4. The highest BCUT2D eigenvalue weighted by Gasteiger charge is 2.19. The van der Waals surface area contributed by atoms with Crippen LogP contribution >= 0.6 is 0 Å². The van der Waals surface area contributed by atoms with Crippen LogP contribution in [0.25, 0.3) is 0 Å². The van der Waals surface area contributed by atoms with Crippen LogP contribution in [0.15, 0.2) is 0 Å². The summed E-state index contributed by atoms with van der Waals surface area (Å²) in [6, 6.07) is 0.483. The molecular formula is C11H24N2O2. The van der Waals surface area contributed by atoms with Crippen molar-refractivity contribution in [1.82, 2.24) is 10.2 Å². The molecule has 1 fully saturated rings. The Kier molecular flexibility index (Phi) is 6.92. The first-order valence-corrected chi connectivity index (χ1v) is 5.90. The van der Waals surface area contributed by atoms with Gasteiger partial charge in [0.05, 0.1) is 13.2 Å². The van der Waals surface area contributed by atoms with Crippen LogP contribution in [0.4, 0.5) is 0 Å². The smallest absolute Gasteiger partial charge is 0.0630 e. The van der Waals surface area contributed by atoms with Crippen LogP contribution in [-0.4, -0.2) is 64.1 Å². The fourth-order valence-electron chi connectivity index (χ4n) is 1.93. The summed E-state index contributed by atoms with van der Waals surface area (Å²) in [7, 11) is 1.77. The number of methoxy groups -OCH3 is 1. The molecule has 0 aromatic heterocycles. The standard InChI is InChI=1S/C11H24N2O2/c1-3-12-9-11(10-14-2)13-5-4-7-15-8-6-13/h11-12H,3-10H2,1-2H3. The molecular weight excluding hydrogens is 192 g/mol. The number of nitrogens with zero attached hydrogens (tertiary/aromatic N) is 1. The van der Waals surface area contributed by atoms with E-state index in [0.29, 0.717) is 6.04 Å². The highest BCUT2D eigenvalue weighted by Crippen LogP contribution is 2.05. The lowest BCUT2D eigenvalue weighted by atomic mass is 10.2. The number of nitrogens with one attached hydrogen (secondary N) is 1. The molecule has 1 aliphatic heterocycles. The molecule has 0 saturated carbocycles. The molecule has 90 valence electrons. The van der Waals surface area contributed by atoms with Crippen molar-refractivity contribution in [3.05, 3.63) is 0 Å². The molecule has 1 unspecified atom stereocenters. The fourth-order valence-corrected chi connectivity index (χ4v) is 1.93. The van der Waals surface area contributed by atoms with Gasteiger partial charge in [0.2, 0.25) is 0 Å². The lowest BCUT2D eigenvalue weighted by Crippen LogP contribution is -2.46. The number of likely N-dealkylation sites (N-methyl/N-ethyl adjacent to an activating group) is 1. The van der Waals surface area contributed by atoms with E-state index in [1.54, 1.807) is 7.11 Å². The first-order chi connectivity index (χ1) is 7.38. The van der Waals surface area contributed by atoms with Gasteiger partial charge in [0.15, 0.2) is 0 Å². The Morgan fingerprint density at radius 3 is 3.00 bits per heavy atom. The largest absolute Gasteiger partial charge is 0.383 e. The predicted octanol–water partition coefficient (Wildman–Crippen LogP) is 0.333. The first kappa shape index (κ1) is 12.9. The zero-order valence-corrected chi connectivity index (χ0v) is 10.00.